The molecule has 2 aromatic carbocycles. The molecule has 3 nitrogen and oxygen atoms in total. The number of benzene rings is 2. The molecule has 0 radical (unpaired) electrons. The molecule has 1 aliphatic rings. The zero-order valence-corrected chi connectivity index (χ0v) is 14.8. The predicted octanol–water partition coefficient (Wildman–Crippen LogP) is 4.80. The molecule has 1 N–H and O–H groups in total. The Bertz CT molecular complexity index is 785. The molecule has 1 amide bonds. The molecule has 4 heteroatoms. The van der Waals surface area contributed by atoms with Crippen LogP contribution in [-0.2, 0) is 4.79 Å². The molecule has 0 unspecified atom stereocenters. The van der Waals surface area contributed by atoms with E-state index in [0.29, 0.717) is 0 Å². The Hall–Kier alpha value is -2.51. The molecule has 0 bridgehead atoms. The van der Waals surface area contributed by atoms with Gasteiger partial charge in [0, 0.05) is 15.8 Å². The molecule has 1 saturated carbocycles. The molecule has 1 aliphatic carbocycles. The van der Waals surface area contributed by atoms with Crippen LogP contribution in [0.2, 0.25) is 0 Å². The fourth-order valence-electron chi connectivity index (χ4n) is 2.91. The van der Waals surface area contributed by atoms with Crippen molar-refractivity contribution in [2.24, 2.45) is 0 Å². The van der Waals surface area contributed by atoms with Gasteiger partial charge in [-0.2, -0.15) is 5.26 Å². The number of nitriles is 1. The average Bonchev–Trinajstić information content (AvgIpc) is 3.15. The number of amides is 1. The third-order valence-electron chi connectivity index (χ3n) is 4.23. The molecule has 0 saturated heterocycles. The van der Waals surface area contributed by atoms with Crippen LogP contribution in [0, 0.1) is 11.3 Å². The van der Waals surface area contributed by atoms with Gasteiger partial charge in [-0.1, -0.05) is 54.9 Å². The molecular formula is C21H20N2OS. The van der Waals surface area contributed by atoms with E-state index in [1.54, 1.807) is 17.8 Å². The van der Waals surface area contributed by atoms with Crippen LogP contribution in [0.1, 0.15) is 31.2 Å². The molecular weight excluding hydrogens is 328 g/mol. The number of rotatable bonds is 5. The Morgan fingerprint density at radius 1 is 1.04 bits per heavy atom. The van der Waals surface area contributed by atoms with Crippen LogP contribution < -0.4 is 5.32 Å². The Kier molecular flexibility index (Phi) is 5.92. The van der Waals surface area contributed by atoms with Crippen molar-refractivity contribution in [1.29, 1.82) is 5.26 Å². The van der Waals surface area contributed by atoms with Crippen molar-refractivity contribution < 1.29 is 4.79 Å². The van der Waals surface area contributed by atoms with E-state index >= 15 is 0 Å². The van der Waals surface area contributed by atoms with E-state index in [4.69, 9.17) is 0 Å². The van der Waals surface area contributed by atoms with Crippen LogP contribution in [0.15, 0.2) is 70.0 Å². The van der Waals surface area contributed by atoms with Crippen LogP contribution >= 0.6 is 11.8 Å². The van der Waals surface area contributed by atoms with Crippen LogP contribution in [0.3, 0.4) is 0 Å². The van der Waals surface area contributed by atoms with Crippen molar-refractivity contribution in [3.05, 3.63) is 65.7 Å². The quantitative estimate of drug-likeness (QED) is 0.623. The number of carbonyl (C=O) groups excluding carboxylic acids is 1. The molecule has 0 spiro atoms. The zero-order valence-electron chi connectivity index (χ0n) is 13.9. The molecule has 3 rings (SSSR count). The largest absolute Gasteiger partial charge is 0.349 e. The van der Waals surface area contributed by atoms with E-state index in [9.17, 15) is 10.1 Å². The van der Waals surface area contributed by atoms with Crippen LogP contribution in [0.25, 0.3) is 6.08 Å². The second-order valence-electron chi connectivity index (χ2n) is 6.11. The van der Waals surface area contributed by atoms with Gasteiger partial charge in [-0.3, -0.25) is 4.79 Å². The van der Waals surface area contributed by atoms with Crippen molar-refractivity contribution in [1.82, 2.24) is 5.32 Å². The lowest BCUT2D eigenvalue weighted by Gasteiger charge is -2.11. The highest BCUT2D eigenvalue weighted by molar-refractivity contribution is 7.99. The summed E-state index contributed by atoms with van der Waals surface area (Å²) >= 11 is 1.68. The maximum Gasteiger partial charge on any atom is 0.262 e. The van der Waals surface area contributed by atoms with Crippen molar-refractivity contribution in [2.75, 3.05) is 0 Å². The van der Waals surface area contributed by atoms with Crippen LogP contribution in [0.5, 0.6) is 0 Å². The maximum atomic E-state index is 12.2. The minimum atomic E-state index is -0.267. The predicted molar refractivity (Wildman–Crippen MR) is 101 cm³/mol. The lowest BCUT2D eigenvalue weighted by Crippen LogP contribution is -2.33. The van der Waals surface area contributed by atoms with Gasteiger partial charge in [0.1, 0.15) is 11.6 Å². The van der Waals surface area contributed by atoms with Gasteiger partial charge < -0.3 is 5.32 Å². The summed E-state index contributed by atoms with van der Waals surface area (Å²) in [5.41, 5.74) is 1.02. The van der Waals surface area contributed by atoms with E-state index in [2.05, 4.69) is 17.4 Å². The van der Waals surface area contributed by atoms with E-state index in [-0.39, 0.29) is 17.5 Å². The fraction of sp³-hybridized carbons (Fsp3) is 0.238. The molecule has 2 aromatic rings. The van der Waals surface area contributed by atoms with Gasteiger partial charge in [-0.05, 0) is 48.7 Å². The first-order chi connectivity index (χ1) is 12.2. The summed E-state index contributed by atoms with van der Waals surface area (Å²) in [6, 6.07) is 20.3. The van der Waals surface area contributed by atoms with Crippen LogP contribution in [-0.4, -0.2) is 11.9 Å². The summed E-state index contributed by atoms with van der Waals surface area (Å²) < 4.78 is 0. The third kappa shape index (κ3) is 4.98. The van der Waals surface area contributed by atoms with Gasteiger partial charge in [-0.25, -0.2) is 0 Å². The summed E-state index contributed by atoms with van der Waals surface area (Å²) in [4.78, 5) is 14.5. The minimum Gasteiger partial charge on any atom is -0.349 e. The molecule has 0 aliphatic heterocycles. The first-order valence-electron chi connectivity index (χ1n) is 8.50. The van der Waals surface area contributed by atoms with E-state index < -0.39 is 0 Å². The smallest absolute Gasteiger partial charge is 0.262 e. The van der Waals surface area contributed by atoms with Crippen molar-refractivity contribution in [3.63, 3.8) is 0 Å². The topological polar surface area (TPSA) is 52.9 Å². The number of nitrogens with zero attached hydrogens (tertiary/aromatic N) is 1. The normalized spacial score (nSPS) is 14.9. The Morgan fingerprint density at radius 3 is 2.32 bits per heavy atom. The third-order valence-corrected chi connectivity index (χ3v) is 5.24. The number of carbonyl (C=O) groups is 1. The van der Waals surface area contributed by atoms with E-state index in [0.717, 1.165) is 36.1 Å². The molecule has 1 fully saturated rings. The molecule has 0 heterocycles. The van der Waals surface area contributed by atoms with Gasteiger partial charge in [0.15, 0.2) is 0 Å². The van der Waals surface area contributed by atoms with Gasteiger partial charge in [0.2, 0.25) is 0 Å². The molecule has 25 heavy (non-hydrogen) atoms. The summed E-state index contributed by atoms with van der Waals surface area (Å²) in [5.74, 6) is -0.267. The van der Waals surface area contributed by atoms with Crippen LogP contribution in [0.4, 0.5) is 0 Å². The first kappa shape index (κ1) is 17.3. The monoisotopic (exact) mass is 348 g/mol. The lowest BCUT2D eigenvalue weighted by atomic mass is 10.1. The van der Waals surface area contributed by atoms with E-state index in [1.807, 2.05) is 48.5 Å². The summed E-state index contributed by atoms with van der Waals surface area (Å²) in [6.45, 7) is 0. The average molecular weight is 348 g/mol. The van der Waals surface area contributed by atoms with Crippen molar-refractivity contribution in [3.8, 4) is 6.07 Å². The molecule has 0 atom stereocenters. The highest BCUT2D eigenvalue weighted by Crippen LogP contribution is 2.27. The van der Waals surface area contributed by atoms with Gasteiger partial charge in [0.25, 0.3) is 5.91 Å². The van der Waals surface area contributed by atoms with Crippen molar-refractivity contribution >= 4 is 23.7 Å². The number of hydrogen-bond donors (Lipinski definition) is 1. The zero-order chi connectivity index (χ0) is 17.5. The number of nitrogens with one attached hydrogen (secondary N) is 1. The Balaban J connectivity index is 1.66. The summed E-state index contributed by atoms with van der Waals surface area (Å²) in [7, 11) is 0. The highest BCUT2D eigenvalue weighted by Gasteiger charge is 2.19. The van der Waals surface area contributed by atoms with Gasteiger partial charge in [0.05, 0.1) is 0 Å². The first-order valence-corrected chi connectivity index (χ1v) is 9.32. The SMILES string of the molecule is N#C/C(=C/c1ccc(Sc2ccccc2)cc1)C(=O)NC1CCCC1. The van der Waals surface area contributed by atoms with Gasteiger partial charge in [-0.15, -0.1) is 0 Å². The second-order valence-corrected chi connectivity index (χ2v) is 7.26. The number of hydrogen-bond acceptors (Lipinski definition) is 3. The maximum absolute atomic E-state index is 12.2. The van der Waals surface area contributed by atoms with E-state index in [1.165, 1.54) is 4.90 Å². The Labute approximate surface area is 152 Å². The second kappa shape index (κ2) is 8.55. The standard InChI is InChI=1S/C21H20N2OS/c22-15-17(21(24)23-18-6-4-5-7-18)14-16-10-12-20(13-11-16)25-19-8-2-1-3-9-19/h1-3,8-14,18H,4-7H2,(H,23,24)/b17-14-. The Morgan fingerprint density at radius 2 is 1.68 bits per heavy atom. The highest BCUT2D eigenvalue weighted by atomic mass is 32.2. The van der Waals surface area contributed by atoms with Gasteiger partial charge >= 0.3 is 0 Å². The minimum absolute atomic E-state index is 0.162. The lowest BCUT2D eigenvalue weighted by molar-refractivity contribution is -0.117. The van der Waals surface area contributed by atoms with Crippen molar-refractivity contribution in [2.45, 2.75) is 41.5 Å². The molecule has 0 aromatic heterocycles. The fourth-order valence-corrected chi connectivity index (χ4v) is 3.74. The summed E-state index contributed by atoms with van der Waals surface area (Å²) in [6.07, 6.45) is 5.97. The molecule has 126 valence electrons. The summed E-state index contributed by atoms with van der Waals surface area (Å²) in [5, 5.41) is 12.3.